The third kappa shape index (κ3) is 7.12. The number of para-hydroxylation sites is 1. The van der Waals surface area contributed by atoms with Gasteiger partial charge in [0.2, 0.25) is 0 Å². The first-order valence-corrected chi connectivity index (χ1v) is 18.4. The van der Waals surface area contributed by atoms with Gasteiger partial charge in [-0.15, -0.1) is 41.3 Å². The van der Waals surface area contributed by atoms with Gasteiger partial charge in [-0.3, -0.25) is 4.68 Å². The average molecular weight is 793 g/mol. The molecule has 7 rings (SSSR count). The number of aryl methyl sites for hydroxylation is 4. The van der Waals surface area contributed by atoms with E-state index in [4.69, 9.17) is 14.8 Å². The van der Waals surface area contributed by atoms with Gasteiger partial charge in [-0.25, -0.2) is 4.98 Å². The van der Waals surface area contributed by atoms with E-state index >= 15 is 0 Å². The maximum atomic E-state index is 6.74. The summed E-state index contributed by atoms with van der Waals surface area (Å²) in [6.45, 7) is 26.6. The Balaban J connectivity index is 0.00000481. The molecule has 0 aliphatic heterocycles. The Hall–Kier alpha value is -4.50. The molecule has 0 radical (unpaired) electrons. The predicted octanol–water partition coefficient (Wildman–Crippen LogP) is 12.4. The van der Waals surface area contributed by atoms with Crippen molar-refractivity contribution in [3.8, 4) is 34.1 Å². The number of nitrogens with zero attached hydrogens (tertiary/aromatic N) is 4. The second-order valence-electron chi connectivity index (χ2n) is 16.7. The van der Waals surface area contributed by atoms with Crippen molar-refractivity contribution in [1.29, 1.82) is 0 Å². The maximum Gasteiger partial charge on any atom is 2.00 e. The minimum absolute atomic E-state index is 0. The van der Waals surface area contributed by atoms with Gasteiger partial charge in [0.1, 0.15) is 5.82 Å². The molecule has 0 N–H and O–H groups in total. The Morgan fingerprint density at radius 3 is 2.04 bits per heavy atom. The third-order valence-corrected chi connectivity index (χ3v) is 10.1. The number of hydrogen-bond acceptors (Lipinski definition) is 3. The predicted molar refractivity (Wildman–Crippen MR) is 216 cm³/mol. The van der Waals surface area contributed by atoms with Crippen LogP contribution in [0.2, 0.25) is 0 Å². The summed E-state index contributed by atoms with van der Waals surface area (Å²) in [7, 11) is 0. The van der Waals surface area contributed by atoms with Gasteiger partial charge in [-0.2, -0.15) is 11.2 Å². The zero-order chi connectivity index (χ0) is 37.3. The fraction of sp³-hybridized carbons (Fsp3) is 0.319. The minimum atomic E-state index is -0.140. The Bertz CT molecular complexity index is 2460. The van der Waals surface area contributed by atoms with Crippen LogP contribution in [-0.2, 0) is 31.3 Å². The molecule has 0 bridgehead atoms. The van der Waals surface area contributed by atoms with Crippen molar-refractivity contribution in [3.63, 3.8) is 0 Å². The summed E-state index contributed by atoms with van der Waals surface area (Å²) in [5.74, 6) is 2.32. The van der Waals surface area contributed by atoms with E-state index in [1.54, 1.807) is 0 Å². The zero-order valence-electron chi connectivity index (χ0n) is 33.1. The molecule has 0 atom stereocenters. The van der Waals surface area contributed by atoms with Gasteiger partial charge in [0, 0.05) is 28.8 Å². The Morgan fingerprint density at radius 1 is 0.698 bits per heavy atom. The van der Waals surface area contributed by atoms with Crippen LogP contribution in [0.25, 0.3) is 44.4 Å². The number of pyridine rings is 1. The van der Waals surface area contributed by atoms with Crippen molar-refractivity contribution < 1.29 is 25.2 Å². The van der Waals surface area contributed by atoms with E-state index in [2.05, 4.69) is 171 Å². The molecule has 0 fully saturated rings. The first-order chi connectivity index (χ1) is 24.5. The van der Waals surface area contributed by atoms with E-state index in [0.29, 0.717) is 11.5 Å². The summed E-state index contributed by atoms with van der Waals surface area (Å²) in [6, 6.07) is 33.0. The molecule has 0 unspecified atom stereocenters. The topological polar surface area (TPSA) is 44.9 Å². The number of fused-ring (bicyclic) bond motifs is 3. The maximum absolute atomic E-state index is 6.74. The molecule has 0 saturated heterocycles. The van der Waals surface area contributed by atoms with E-state index in [1.165, 1.54) is 39.1 Å². The summed E-state index contributed by atoms with van der Waals surface area (Å²) in [5.41, 5.74) is 13.5. The van der Waals surface area contributed by atoms with E-state index in [-0.39, 0.29) is 37.2 Å². The molecular weight excluding hydrogens is 743 g/mol. The Kier molecular flexibility index (Phi) is 10.1. The Morgan fingerprint density at radius 2 is 1.38 bits per heavy atom. The molecule has 0 aliphatic carbocycles. The van der Waals surface area contributed by atoms with E-state index in [9.17, 15) is 0 Å². The normalized spacial score (nSPS) is 12.2. The van der Waals surface area contributed by atoms with Gasteiger partial charge < -0.3 is 9.30 Å². The van der Waals surface area contributed by atoms with Gasteiger partial charge in [-0.1, -0.05) is 96.8 Å². The second kappa shape index (κ2) is 14.1. The number of hydrogen-bond donors (Lipinski definition) is 0. The summed E-state index contributed by atoms with van der Waals surface area (Å²) >= 11 is 0. The van der Waals surface area contributed by atoms with Crippen LogP contribution >= 0.6 is 0 Å². The molecule has 0 saturated carbocycles. The first-order valence-electron chi connectivity index (χ1n) is 18.4. The quantitative estimate of drug-likeness (QED) is 0.124. The van der Waals surface area contributed by atoms with Crippen molar-refractivity contribution in [1.82, 2.24) is 19.3 Å². The minimum Gasteiger partial charge on any atom is -0.509 e. The van der Waals surface area contributed by atoms with Crippen molar-refractivity contribution >= 4 is 21.8 Å². The summed E-state index contributed by atoms with van der Waals surface area (Å²) in [5, 5.41) is 7.45. The molecular formula is C47H50N4OPd. The third-order valence-electron chi connectivity index (χ3n) is 10.1. The first kappa shape index (κ1) is 38.2. The van der Waals surface area contributed by atoms with E-state index < -0.39 is 0 Å². The molecule has 0 spiro atoms. The average Bonchev–Trinajstić information content (AvgIpc) is 3.58. The molecule has 0 aliphatic rings. The van der Waals surface area contributed by atoms with Crippen molar-refractivity contribution in [2.45, 2.75) is 99.8 Å². The Labute approximate surface area is 329 Å². The van der Waals surface area contributed by atoms with Gasteiger partial charge in [0.05, 0.1) is 11.4 Å². The van der Waals surface area contributed by atoms with Gasteiger partial charge in [0.25, 0.3) is 0 Å². The van der Waals surface area contributed by atoms with E-state index in [1.807, 2.05) is 12.3 Å². The zero-order valence-corrected chi connectivity index (χ0v) is 34.7. The molecule has 5 nitrogen and oxygen atoms in total. The van der Waals surface area contributed by atoms with Gasteiger partial charge >= 0.3 is 20.4 Å². The second-order valence-corrected chi connectivity index (χ2v) is 16.7. The summed E-state index contributed by atoms with van der Waals surface area (Å²) in [6.07, 6.45) is 1.90. The molecule has 274 valence electrons. The number of aromatic nitrogens is 4. The fourth-order valence-corrected chi connectivity index (χ4v) is 7.57. The SMILES string of the molecule is Cc1cc(C)c(-c2c(C)nn(-c3[c-]c(Oc4[c-]c5c(cc4)c4ccccc4n5-c4cc(C(C)(C)C)ccn4)cc(C(C)(C)C)c3)c2C(C)C)c(C)c1.[Pd+2]. The smallest absolute Gasteiger partial charge is 0.509 e. The molecule has 3 aromatic heterocycles. The molecule has 53 heavy (non-hydrogen) atoms. The monoisotopic (exact) mass is 792 g/mol. The standard InChI is InChI=1S/C47H50N4O.Pd/c1-28(2)45-44(43-30(4)21-29(3)22-31(43)5)32(6)49-51(45)35-23-34(47(10,11)12)24-37(26-35)52-36-17-18-39-38-15-13-14-16-40(38)50(41(39)27-36)42-25-33(19-20-48-42)46(7,8)9;/h13-25,28H,1-12H3;/q-2;+2. The molecule has 3 heterocycles. The summed E-state index contributed by atoms with van der Waals surface area (Å²) < 4.78 is 11.0. The number of benzene rings is 4. The largest absolute Gasteiger partial charge is 2.00 e. The van der Waals surface area contributed by atoms with Crippen LogP contribution in [0.5, 0.6) is 11.5 Å². The van der Waals surface area contributed by atoms with E-state index in [0.717, 1.165) is 44.6 Å². The van der Waals surface area contributed by atoms with Crippen molar-refractivity contribution in [2.24, 2.45) is 0 Å². The van der Waals surface area contributed by atoms with Crippen LogP contribution < -0.4 is 4.74 Å². The number of rotatable bonds is 6. The van der Waals surface area contributed by atoms with Crippen molar-refractivity contribution in [3.05, 3.63) is 130 Å². The van der Waals surface area contributed by atoms with Crippen molar-refractivity contribution in [2.75, 3.05) is 0 Å². The van der Waals surface area contributed by atoms with Crippen LogP contribution in [-0.4, -0.2) is 19.3 Å². The molecule has 7 aromatic rings. The molecule has 0 amide bonds. The fourth-order valence-electron chi connectivity index (χ4n) is 7.57. The van der Waals surface area contributed by atoms with Crippen LogP contribution in [0.15, 0.2) is 79.0 Å². The van der Waals surface area contributed by atoms with Gasteiger partial charge in [0.15, 0.2) is 0 Å². The van der Waals surface area contributed by atoms with Crippen LogP contribution in [0.4, 0.5) is 0 Å². The molecule has 6 heteroatoms. The van der Waals surface area contributed by atoms with Gasteiger partial charge in [-0.05, 0) is 96.0 Å². The summed E-state index contributed by atoms with van der Waals surface area (Å²) in [4.78, 5) is 4.85. The van der Waals surface area contributed by atoms with Crippen LogP contribution in [0, 0.1) is 39.8 Å². The number of ether oxygens (including phenoxy) is 1. The molecule has 4 aromatic carbocycles. The van der Waals surface area contributed by atoms with Crippen LogP contribution in [0.3, 0.4) is 0 Å². The van der Waals surface area contributed by atoms with Crippen LogP contribution in [0.1, 0.15) is 101 Å².